The van der Waals surface area contributed by atoms with E-state index in [4.69, 9.17) is 11.6 Å². The molecular weight excluding hydrogens is 436 g/mol. The van der Waals surface area contributed by atoms with E-state index in [2.05, 4.69) is 15.3 Å². The highest BCUT2D eigenvalue weighted by Crippen LogP contribution is 2.32. The molecule has 0 unspecified atom stereocenters. The predicted octanol–water partition coefficient (Wildman–Crippen LogP) is 4.32. The average Bonchev–Trinajstić information content (AvgIpc) is 2.66. The van der Waals surface area contributed by atoms with Gasteiger partial charge in [0, 0.05) is 30.4 Å². The molecular formula is C20H16ClF2N3O3S. The molecule has 0 fully saturated rings. The Morgan fingerprint density at radius 2 is 1.90 bits per heavy atom. The molecule has 0 saturated heterocycles. The summed E-state index contributed by atoms with van der Waals surface area (Å²) in [5, 5.41) is 2.50. The summed E-state index contributed by atoms with van der Waals surface area (Å²) >= 11 is 6.14. The van der Waals surface area contributed by atoms with Crippen molar-refractivity contribution in [2.75, 3.05) is 5.32 Å². The molecule has 2 aromatic heterocycles. The number of hydrogen-bond acceptors (Lipinski definition) is 5. The van der Waals surface area contributed by atoms with Crippen LogP contribution >= 0.6 is 11.6 Å². The van der Waals surface area contributed by atoms with Gasteiger partial charge in [-0.1, -0.05) is 11.6 Å². The highest BCUT2D eigenvalue weighted by molar-refractivity contribution is 7.90. The molecule has 30 heavy (non-hydrogen) atoms. The summed E-state index contributed by atoms with van der Waals surface area (Å²) in [5.41, 5.74) is 1.83. The summed E-state index contributed by atoms with van der Waals surface area (Å²) in [6.07, 6.45) is 2.94. The number of sulfone groups is 1. The van der Waals surface area contributed by atoms with Crippen LogP contribution in [0.5, 0.6) is 0 Å². The number of carbonyl (C=O) groups excluding carboxylic acids is 1. The molecule has 0 radical (unpaired) electrons. The minimum Gasteiger partial charge on any atom is -0.311 e. The van der Waals surface area contributed by atoms with Gasteiger partial charge in [-0.05, 0) is 48.4 Å². The van der Waals surface area contributed by atoms with Crippen molar-refractivity contribution in [3.05, 3.63) is 70.6 Å². The molecule has 3 rings (SSSR count). The molecule has 0 aliphatic heterocycles. The van der Waals surface area contributed by atoms with Crippen LogP contribution in [0.3, 0.4) is 0 Å². The van der Waals surface area contributed by atoms with Crippen molar-refractivity contribution in [2.45, 2.75) is 24.5 Å². The zero-order valence-electron chi connectivity index (χ0n) is 15.9. The van der Waals surface area contributed by atoms with Gasteiger partial charge in [0.2, 0.25) is 5.91 Å². The summed E-state index contributed by atoms with van der Waals surface area (Å²) < 4.78 is 53.0. The fraction of sp³-hybridized carbons (Fsp3) is 0.150. The van der Waals surface area contributed by atoms with Gasteiger partial charge >= 0.3 is 0 Å². The maximum absolute atomic E-state index is 14.0. The lowest BCUT2D eigenvalue weighted by atomic mass is 10.0. The number of rotatable bonds is 5. The quantitative estimate of drug-likeness (QED) is 0.584. The molecule has 0 spiro atoms. The molecule has 10 heteroatoms. The molecule has 0 aliphatic carbocycles. The number of hydrogen-bond donors (Lipinski definition) is 1. The Morgan fingerprint density at radius 1 is 1.17 bits per heavy atom. The van der Waals surface area contributed by atoms with E-state index >= 15 is 0 Å². The minimum absolute atomic E-state index is 0.0622. The molecule has 6 nitrogen and oxygen atoms in total. The Bertz CT molecular complexity index is 1250. The fourth-order valence-corrected chi connectivity index (χ4v) is 4.78. The van der Waals surface area contributed by atoms with E-state index in [-0.39, 0.29) is 16.6 Å². The number of benzene rings is 1. The second-order valence-electron chi connectivity index (χ2n) is 6.51. The second kappa shape index (κ2) is 8.45. The van der Waals surface area contributed by atoms with Crippen LogP contribution in [-0.4, -0.2) is 24.3 Å². The lowest BCUT2D eigenvalue weighted by molar-refractivity contribution is -0.114. The molecule has 156 valence electrons. The van der Waals surface area contributed by atoms with Crippen molar-refractivity contribution in [3.63, 3.8) is 0 Å². The van der Waals surface area contributed by atoms with Crippen LogP contribution in [0.4, 0.5) is 14.6 Å². The molecule has 1 aromatic carbocycles. The van der Waals surface area contributed by atoms with E-state index in [9.17, 15) is 22.0 Å². The third-order valence-electron chi connectivity index (χ3n) is 4.35. The number of pyridine rings is 2. The first-order valence-corrected chi connectivity index (χ1v) is 10.7. The summed E-state index contributed by atoms with van der Waals surface area (Å²) in [4.78, 5) is 18.6. The average molecular weight is 452 g/mol. The number of amides is 1. The van der Waals surface area contributed by atoms with E-state index in [0.717, 1.165) is 12.1 Å². The van der Waals surface area contributed by atoms with Gasteiger partial charge < -0.3 is 5.32 Å². The van der Waals surface area contributed by atoms with Crippen molar-refractivity contribution in [1.82, 2.24) is 9.97 Å². The van der Waals surface area contributed by atoms with Crippen molar-refractivity contribution in [1.29, 1.82) is 0 Å². The van der Waals surface area contributed by atoms with Crippen LogP contribution in [-0.2, 0) is 20.4 Å². The molecule has 1 amide bonds. The summed E-state index contributed by atoms with van der Waals surface area (Å²) in [6, 6.07) is 5.49. The molecule has 1 N–H and O–H groups in total. The lowest BCUT2D eigenvalue weighted by Crippen LogP contribution is -2.10. The van der Waals surface area contributed by atoms with Gasteiger partial charge in [-0.3, -0.25) is 4.79 Å². The first-order chi connectivity index (χ1) is 14.1. The van der Waals surface area contributed by atoms with Crippen LogP contribution in [0.1, 0.15) is 18.1 Å². The van der Waals surface area contributed by atoms with E-state index in [1.807, 2.05) is 0 Å². The highest BCUT2D eigenvalue weighted by atomic mass is 35.5. The van der Waals surface area contributed by atoms with E-state index < -0.39 is 32.1 Å². The van der Waals surface area contributed by atoms with Crippen molar-refractivity contribution in [2.24, 2.45) is 0 Å². The van der Waals surface area contributed by atoms with Gasteiger partial charge in [-0.25, -0.2) is 27.2 Å². The lowest BCUT2D eigenvalue weighted by Gasteiger charge is -2.14. The number of nitrogens with zero attached hydrogens (tertiary/aromatic N) is 2. The maximum Gasteiger partial charge on any atom is 0.222 e. The van der Waals surface area contributed by atoms with Crippen LogP contribution in [0.25, 0.3) is 11.1 Å². The Kier molecular flexibility index (Phi) is 6.14. The third kappa shape index (κ3) is 4.63. The van der Waals surface area contributed by atoms with E-state index in [1.54, 1.807) is 19.1 Å². The number of carbonyl (C=O) groups is 1. The van der Waals surface area contributed by atoms with E-state index in [1.165, 1.54) is 19.3 Å². The first kappa shape index (κ1) is 21.8. The number of anilines is 1. The third-order valence-corrected chi connectivity index (χ3v) is 6.33. The van der Waals surface area contributed by atoms with Gasteiger partial charge in [0.25, 0.3) is 0 Å². The monoisotopic (exact) mass is 451 g/mol. The summed E-state index contributed by atoms with van der Waals surface area (Å²) in [6.45, 7) is 2.99. The minimum atomic E-state index is -4.24. The largest absolute Gasteiger partial charge is 0.311 e. The molecule has 0 atom stereocenters. The number of aromatic nitrogens is 2. The van der Waals surface area contributed by atoms with Gasteiger partial charge in [0.1, 0.15) is 27.5 Å². The van der Waals surface area contributed by atoms with Gasteiger partial charge in [0.15, 0.2) is 9.84 Å². The SMILES string of the molecule is CC(=O)Nc1cc(-c2cnc(Cl)c(CS(=O)(=O)c3cc(F)ccc3F)c2C)ccn1. The Morgan fingerprint density at radius 3 is 2.60 bits per heavy atom. The van der Waals surface area contributed by atoms with Gasteiger partial charge in [0.05, 0.1) is 5.75 Å². The van der Waals surface area contributed by atoms with Crippen molar-refractivity contribution < 1.29 is 22.0 Å². The van der Waals surface area contributed by atoms with E-state index in [0.29, 0.717) is 28.6 Å². The zero-order valence-corrected chi connectivity index (χ0v) is 17.5. The summed E-state index contributed by atoms with van der Waals surface area (Å²) in [7, 11) is -4.24. The first-order valence-electron chi connectivity index (χ1n) is 8.64. The Labute approximate surface area is 176 Å². The standard InChI is InChI=1S/C20H16ClF2N3O3S/c1-11-15(13-5-6-24-19(7-13)26-12(2)27)9-25-20(21)16(11)10-30(28,29)18-8-14(22)3-4-17(18)23/h3-9H,10H2,1-2H3,(H,24,26,27). The van der Waals surface area contributed by atoms with Crippen LogP contribution in [0, 0.1) is 18.6 Å². The Hall–Kier alpha value is -2.91. The van der Waals surface area contributed by atoms with Crippen LogP contribution in [0.2, 0.25) is 5.15 Å². The van der Waals surface area contributed by atoms with Gasteiger partial charge in [-0.15, -0.1) is 0 Å². The summed E-state index contributed by atoms with van der Waals surface area (Å²) in [5.74, 6) is -2.57. The highest BCUT2D eigenvalue weighted by Gasteiger charge is 2.24. The van der Waals surface area contributed by atoms with Gasteiger partial charge in [-0.2, -0.15) is 0 Å². The normalized spacial score (nSPS) is 11.4. The Balaban J connectivity index is 2.06. The van der Waals surface area contributed by atoms with Crippen LogP contribution in [0.15, 0.2) is 47.6 Å². The van der Waals surface area contributed by atoms with Crippen molar-refractivity contribution in [3.8, 4) is 11.1 Å². The molecule has 3 aromatic rings. The zero-order chi connectivity index (χ0) is 22.1. The fourth-order valence-electron chi connectivity index (χ4n) is 2.90. The smallest absolute Gasteiger partial charge is 0.222 e. The predicted molar refractivity (Wildman–Crippen MR) is 109 cm³/mol. The number of halogens is 3. The number of nitrogens with one attached hydrogen (secondary N) is 1. The molecule has 2 heterocycles. The molecule has 0 aliphatic rings. The maximum atomic E-state index is 14.0. The second-order valence-corrected chi connectivity index (χ2v) is 8.83. The van der Waals surface area contributed by atoms with Crippen LogP contribution < -0.4 is 5.32 Å². The molecule has 0 saturated carbocycles. The molecule has 0 bridgehead atoms. The topological polar surface area (TPSA) is 89.0 Å². The van der Waals surface area contributed by atoms with Crippen molar-refractivity contribution >= 4 is 33.2 Å².